The molecule has 1 N–H and O–H groups in total. The zero-order valence-electron chi connectivity index (χ0n) is 14.9. The first-order valence-electron chi connectivity index (χ1n) is 8.72. The summed E-state index contributed by atoms with van der Waals surface area (Å²) in [4.78, 5) is 4.60. The molecular formula is C21H20N2O3S. The lowest BCUT2D eigenvalue weighted by molar-refractivity contribution is 0.134. The van der Waals surface area contributed by atoms with E-state index < -0.39 is 16.1 Å². The molecule has 0 fully saturated rings. The van der Waals surface area contributed by atoms with Crippen LogP contribution in [0.3, 0.4) is 0 Å². The van der Waals surface area contributed by atoms with E-state index in [1.807, 2.05) is 55.5 Å². The molecule has 3 aromatic rings. The van der Waals surface area contributed by atoms with Gasteiger partial charge >= 0.3 is 0 Å². The summed E-state index contributed by atoms with van der Waals surface area (Å²) in [6, 6.07) is 17.8. The minimum Gasteiger partial charge on any atom is -0.372 e. The molecule has 0 aliphatic carbocycles. The van der Waals surface area contributed by atoms with Crippen LogP contribution in [0.15, 0.2) is 71.8 Å². The summed E-state index contributed by atoms with van der Waals surface area (Å²) in [7, 11) is -3.73. The molecule has 0 bridgehead atoms. The number of benzene rings is 2. The van der Waals surface area contributed by atoms with Crippen molar-refractivity contribution in [3.05, 3.63) is 94.8 Å². The molecule has 4 rings (SSSR count). The van der Waals surface area contributed by atoms with E-state index in [9.17, 15) is 8.42 Å². The minimum atomic E-state index is -3.73. The molecule has 2 aromatic carbocycles. The Morgan fingerprint density at radius 3 is 2.52 bits per heavy atom. The third kappa shape index (κ3) is 3.78. The fourth-order valence-electron chi connectivity index (χ4n) is 3.14. The van der Waals surface area contributed by atoms with Crippen molar-refractivity contribution in [1.82, 2.24) is 9.71 Å². The second-order valence-corrected chi connectivity index (χ2v) is 8.36. The molecule has 1 aliphatic rings. The second-order valence-electron chi connectivity index (χ2n) is 6.64. The first-order valence-corrected chi connectivity index (χ1v) is 10.2. The van der Waals surface area contributed by atoms with Gasteiger partial charge in [0.25, 0.3) is 0 Å². The van der Waals surface area contributed by atoms with E-state index in [1.54, 1.807) is 18.3 Å². The Morgan fingerprint density at radius 1 is 1.00 bits per heavy atom. The Hall–Kier alpha value is -2.54. The van der Waals surface area contributed by atoms with Crippen LogP contribution in [0.1, 0.15) is 34.0 Å². The number of aromatic nitrogens is 1. The Labute approximate surface area is 159 Å². The number of ether oxygens (including phenoxy) is 1. The fourth-order valence-corrected chi connectivity index (χ4v) is 4.39. The largest absolute Gasteiger partial charge is 0.372 e. The van der Waals surface area contributed by atoms with Gasteiger partial charge in [-0.2, -0.15) is 4.72 Å². The van der Waals surface area contributed by atoms with Gasteiger partial charge in [-0.25, -0.2) is 8.42 Å². The topological polar surface area (TPSA) is 68.3 Å². The van der Waals surface area contributed by atoms with E-state index in [2.05, 4.69) is 9.71 Å². The summed E-state index contributed by atoms with van der Waals surface area (Å²) in [5, 5.41) is 0. The number of aryl methyl sites for hydroxylation is 1. The number of rotatable bonds is 5. The molecule has 1 aromatic heterocycles. The summed E-state index contributed by atoms with van der Waals surface area (Å²) >= 11 is 0. The average molecular weight is 380 g/mol. The molecule has 27 heavy (non-hydrogen) atoms. The van der Waals surface area contributed by atoms with Crippen LogP contribution in [0.25, 0.3) is 0 Å². The molecule has 6 heteroatoms. The van der Waals surface area contributed by atoms with Crippen molar-refractivity contribution in [2.24, 2.45) is 0 Å². The second kappa shape index (κ2) is 7.23. The Morgan fingerprint density at radius 2 is 1.78 bits per heavy atom. The van der Waals surface area contributed by atoms with Crippen LogP contribution in [0.2, 0.25) is 0 Å². The Balaban J connectivity index is 1.71. The molecule has 1 aliphatic heterocycles. The summed E-state index contributed by atoms with van der Waals surface area (Å²) < 4.78 is 34.4. The van der Waals surface area contributed by atoms with Crippen LogP contribution in [0.4, 0.5) is 0 Å². The van der Waals surface area contributed by atoms with Gasteiger partial charge in [-0.3, -0.25) is 4.98 Å². The van der Waals surface area contributed by atoms with E-state index in [0.29, 0.717) is 18.9 Å². The molecule has 5 nitrogen and oxygen atoms in total. The third-order valence-corrected chi connectivity index (χ3v) is 6.09. The Kier molecular flexibility index (Phi) is 4.78. The van der Waals surface area contributed by atoms with Gasteiger partial charge in [-0.15, -0.1) is 0 Å². The van der Waals surface area contributed by atoms with Crippen molar-refractivity contribution in [3.8, 4) is 0 Å². The maximum atomic E-state index is 13.1. The zero-order valence-corrected chi connectivity index (χ0v) is 15.7. The van der Waals surface area contributed by atoms with E-state index in [0.717, 1.165) is 22.3 Å². The van der Waals surface area contributed by atoms with E-state index >= 15 is 0 Å². The molecule has 138 valence electrons. The molecule has 0 amide bonds. The lowest BCUT2D eigenvalue weighted by Crippen LogP contribution is -2.30. The van der Waals surface area contributed by atoms with Gasteiger partial charge in [0.2, 0.25) is 10.0 Å². The zero-order chi connectivity index (χ0) is 18.9. The highest BCUT2D eigenvalue weighted by Gasteiger charge is 2.25. The molecule has 0 spiro atoms. The average Bonchev–Trinajstić information content (AvgIpc) is 3.15. The normalized spacial score (nSPS) is 14.7. The van der Waals surface area contributed by atoms with Crippen molar-refractivity contribution in [2.45, 2.75) is 31.1 Å². The van der Waals surface area contributed by atoms with Crippen molar-refractivity contribution in [1.29, 1.82) is 0 Å². The van der Waals surface area contributed by atoms with E-state index in [-0.39, 0.29) is 4.90 Å². The first-order chi connectivity index (χ1) is 13.0. The van der Waals surface area contributed by atoms with Gasteiger partial charge in [0.1, 0.15) is 0 Å². The highest BCUT2D eigenvalue weighted by Crippen LogP contribution is 2.26. The van der Waals surface area contributed by atoms with Gasteiger partial charge in [0, 0.05) is 6.20 Å². The van der Waals surface area contributed by atoms with E-state index in [4.69, 9.17) is 4.74 Å². The summed E-state index contributed by atoms with van der Waals surface area (Å²) in [6.07, 6.45) is 1.66. The predicted molar refractivity (Wildman–Crippen MR) is 103 cm³/mol. The summed E-state index contributed by atoms with van der Waals surface area (Å²) in [6.45, 7) is 2.97. The van der Waals surface area contributed by atoms with Gasteiger partial charge < -0.3 is 4.74 Å². The highest BCUT2D eigenvalue weighted by atomic mass is 32.2. The molecular weight excluding hydrogens is 360 g/mol. The van der Waals surface area contributed by atoms with Crippen LogP contribution in [0.5, 0.6) is 0 Å². The molecule has 1 unspecified atom stereocenters. The van der Waals surface area contributed by atoms with Crippen LogP contribution in [0, 0.1) is 6.92 Å². The maximum Gasteiger partial charge on any atom is 0.241 e. The highest BCUT2D eigenvalue weighted by molar-refractivity contribution is 7.89. The molecule has 0 saturated carbocycles. The number of nitrogens with one attached hydrogen (secondary N) is 1. The van der Waals surface area contributed by atoms with E-state index in [1.165, 1.54) is 0 Å². The standard InChI is InChI=1S/C21H20N2O3S/c1-15-5-7-16(8-6-15)21(20-4-2-3-11-22-20)23-27(24,25)19-10-9-17-13-26-14-18(17)12-19/h2-12,21,23H,13-14H2,1H3. The van der Waals surface area contributed by atoms with Gasteiger partial charge in [-0.1, -0.05) is 42.0 Å². The summed E-state index contributed by atoms with van der Waals surface area (Å²) in [5.74, 6) is 0. The Bertz CT molecular complexity index is 1050. The predicted octanol–water partition coefficient (Wildman–Crippen LogP) is 3.49. The first kappa shape index (κ1) is 17.9. The summed E-state index contributed by atoms with van der Waals surface area (Å²) in [5.41, 5.74) is 4.55. The number of hydrogen-bond acceptors (Lipinski definition) is 4. The lowest BCUT2D eigenvalue weighted by atomic mass is 10.0. The smallest absolute Gasteiger partial charge is 0.241 e. The van der Waals surface area contributed by atoms with Crippen molar-refractivity contribution in [3.63, 3.8) is 0 Å². The molecule has 1 atom stereocenters. The lowest BCUT2D eigenvalue weighted by Gasteiger charge is -2.19. The molecule has 0 radical (unpaired) electrons. The molecule has 2 heterocycles. The van der Waals surface area contributed by atoms with Crippen LogP contribution >= 0.6 is 0 Å². The van der Waals surface area contributed by atoms with Crippen LogP contribution in [-0.4, -0.2) is 13.4 Å². The third-order valence-electron chi connectivity index (χ3n) is 4.67. The van der Waals surface area contributed by atoms with Gasteiger partial charge in [-0.05, 0) is 47.9 Å². The van der Waals surface area contributed by atoms with Crippen LogP contribution < -0.4 is 4.72 Å². The van der Waals surface area contributed by atoms with Gasteiger partial charge in [0.15, 0.2) is 0 Å². The maximum absolute atomic E-state index is 13.1. The number of hydrogen-bond donors (Lipinski definition) is 1. The number of pyridine rings is 1. The van der Waals surface area contributed by atoms with Crippen LogP contribution in [-0.2, 0) is 28.0 Å². The van der Waals surface area contributed by atoms with Crippen molar-refractivity contribution in [2.75, 3.05) is 0 Å². The SMILES string of the molecule is Cc1ccc(C(NS(=O)(=O)c2ccc3c(c2)COC3)c2ccccn2)cc1. The van der Waals surface area contributed by atoms with Gasteiger partial charge in [0.05, 0.1) is 29.8 Å². The monoisotopic (exact) mass is 380 g/mol. The van der Waals surface area contributed by atoms with Crippen molar-refractivity contribution >= 4 is 10.0 Å². The number of nitrogens with zero attached hydrogens (tertiary/aromatic N) is 1. The molecule has 0 saturated heterocycles. The minimum absolute atomic E-state index is 0.236. The quantitative estimate of drug-likeness (QED) is 0.736. The fraction of sp³-hybridized carbons (Fsp3) is 0.190. The van der Waals surface area contributed by atoms with Crippen molar-refractivity contribution < 1.29 is 13.2 Å². The number of sulfonamides is 1. The number of fused-ring (bicyclic) bond motifs is 1.